The molecule has 86 valence electrons. The van der Waals surface area contributed by atoms with Gasteiger partial charge in [0.2, 0.25) is 0 Å². The van der Waals surface area contributed by atoms with Crippen molar-refractivity contribution in [2.24, 2.45) is 7.05 Å². The van der Waals surface area contributed by atoms with E-state index in [4.69, 9.17) is 0 Å². The zero-order valence-electron chi connectivity index (χ0n) is 9.74. The second-order valence-electron chi connectivity index (χ2n) is 3.81. The molecule has 0 amide bonds. The van der Waals surface area contributed by atoms with Crippen molar-refractivity contribution in [1.82, 2.24) is 19.6 Å². The molecule has 2 heterocycles. The first-order valence-corrected chi connectivity index (χ1v) is 6.11. The first-order valence-electron chi connectivity index (χ1n) is 5.32. The molecule has 0 spiro atoms. The summed E-state index contributed by atoms with van der Waals surface area (Å²) < 4.78 is 5.00. The lowest BCUT2D eigenvalue weighted by molar-refractivity contribution is 0.604. The molecule has 2 aromatic heterocycles. The van der Waals surface area contributed by atoms with Gasteiger partial charge >= 0.3 is 0 Å². The van der Waals surface area contributed by atoms with E-state index in [1.165, 1.54) is 0 Å². The van der Waals surface area contributed by atoms with Crippen LogP contribution in [0, 0.1) is 6.92 Å². The van der Waals surface area contributed by atoms with E-state index in [2.05, 4.69) is 40.0 Å². The molecule has 5 heteroatoms. The van der Waals surface area contributed by atoms with Gasteiger partial charge in [0.1, 0.15) is 0 Å². The van der Waals surface area contributed by atoms with Crippen molar-refractivity contribution in [3.05, 3.63) is 33.8 Å². The predicted molar refractivity (Wildman–Crippen MR) is 66.4 cm³/mol. The second-order valence-corrected chi connectivity index (χ2v) is 4.61. The summed E-state index contributed by atoms with van der Waals surface area (Å²) in [6, 6.07) is 2.00. The lowest BCUT2D eigenvalue weighted by atomic mass is 10.3. The molecule has 4 nitrogen and oxygen atoms in total. The van der Waals surface area contributed by atoms with Crippen molar-refractivity contribution in [3.8, 4) is 0 Å². The maximum Gasteiger partial charge on any atom is 0.0842 e. The van der Waals surface area contributed by atoms with Crippen LogP contribution in [0.15, 0.2) is 16.7 Å². The standard InChI is InChI=1S/C11H15BrN4/c1-4-9-11(12)10(15(3)14-9)7-16-8(2)5-6-13-16/h5-6H,4,7H2,1-3H3. The normalized spacial score (nSPS) is 11.0. The molecule has 0 atom stereocenters. The van der Waals surface area contributed by atoms with Crippen LogP contribution < -0.4 is 0 Å². The smallest absolute Gasteiger partial charge is 0.0842 e. The Bertz CT molecular complexity index is 498. The maximum atomic E-state index is 4.47. The molecule has 0 radical (unpaired) electrons. The fourth-order valence-corrected chi connectivity index (χ4v) is 2.44. The van der Waals surface area contributed by atoms with Crippen LogP contribution in [-0.2, 0) is 20.0 Å². The third-order valence-electron chi connectivity index (χ3n) is 2.73. The van der Waals surface area contributed by atoms with Crippen molar-refractivity contribution >= 4 is 15.9 Å². The van der Waals surface area contributed by atoms with Gasteiger partial charge in [0.15, 0.2) is 0 Å². The Morgan fingerprint density at radius 3 is 2.69 bits per heavy atom. The summed E-state index contributed by atoms with van der Waals surface area (Å²) in [5.74, 6) is 0. The van der Waals surface area contributed by atoms with E-state index in [0.717, 1.165) is 34.5 Å². The Kier molecular flexibility index (Phi) is 3.14. The molecular formula is C11H15BrN4. The number of rotatable bonds is 3. The van der Waals surface area contributed by atoms with Crippen molar-refractivity contribution in [3.63, 3.8) is 0 Å². The van der Waals surface area contributed by atoms with Crippen LogP contribution in [0.3, 0.4) is 0 Å². The highest BCUT2D eigenvalue weighted by Gasteiger charge is 2.13. The van der Waals surface area contributed by atoms with Crippen molar-refractivity contribution in [2.75, 3.05) is 0 Å². The predicted octanol–water partition coefficient (Wildman–Crippen LogP) is 2.30. The summed E-state index contributed by atoms with van der Waals surface area (Å²) in [4.78, 5) is 0. The summed E-state index contributed by atoms with van der Waals surface area (Å²) in [5.41, 5.74) is 3.41. The molecule has 0 aliphatic rings. The number of aromatic nitrogens is 4. The molecule has 0 saturated carbocycles. The van der Waals surface area contributed by atoms with Crippen molar-refractivity contribution < 1.29 is 0 Å². The quantitative estimate of drug-likeness (QED) is 0.866. The monoisotopic (exact) mass is 282 g/mol. The summed E-state index contributed by atoms with van der Waals surface area (Å²) in [6.07, 6.45) is 2.76. The van der Waals surface area contributed by atoms with Gasteiger partial charge in [-0.3, -0.25) is 9.36 Å². The van der Waals surface area contributed by atoms with Gasteiger partial charge in [-0.05, 0) is 35.3 Å². The highest BCUT2D eigenvalue weighted by atomic mass is 79.9. The summed E-state index contributed by atoms with van der Waals surface area (Å²) in [5, 5.41) is 8.75. The number of halogens is 1. The minimum atomic E-state index is 0.753. The van der Waals surface area contributed by atoms with Crippen LogP contribution >= 0.6 is 15.9 Å². The minimum Gasteiger partial charge on any atom is -0.269 e. The average Bonchev–Trinajstić information content (AvgIpc) is 2.77. The van der Waals surface area contributed by atoms with E-state index in [0.29, 0.717) is 0 Å². The first-order chi connectivity index (χ1) is 7.63. The van der Waals surface area contributed by atoms with Gasteiger partial charge < -0.3 is 0 Å². The average molecular weight is 283 g/mol. The van der Waals surface area contributed by atoms with E-state index in [1.807, 2.05) is 28.7 Å². The molecule has 0 saturated heterocycles. The van der Waals surface area contributed by atoms with Gasteiger partial charge in [0.05, 0.1) is 22.4 Å². The van der Waals surface area contributed by atoms with Gasteiger partial charge in [-0.25, -0.2) is 0 Å². The molecule has 2 aromatic rings. The van der Waals surface area contributed by atoms with Gasteiger partial charge in [0.25, 0.3) is 0 Å². The number of aryl methyl sites for hydroxylation is 3. The van der Waals surface area contributed by atoms with Gasteiger partial charge in [-0.2, -0.15) is 10.2 Å². The van der Waals surface area contributed by atoms with E-state index >= 15 is 0 Å². The van der Waals surface area contributed by atoms with Gasteiger partial charge in [-0.15, -0.1) is 0 Å². The van der Waals surface area contributed by atoms with E-state index in [9.17, 15) is 0 Å². The van der Waals surface area contributed by atoms with Crippen LogP contribution in [0.1, 0.15) is 24.0 Å². The lowest BCUT2D eigenvalue weighted by Gasteiger charge is -2.05. The summed E-state index contributed by atoms with van der Waals surface area (Å²) >= 11 is 3.61. The Hall–Kier alpha value is -1.10. The van der Waals surface area contributed by atoms with E-state index in [-0.39, 0.29) is 0 Å². The third-order valence-corrected chi connectivity index (χ3v) is 3.65. The summed E-state index contributed by atoms with van der Waals surface area (Å²) in [6.45, 7) is 4.91. The fourth-order valence-electron chi connectivity index (χ4n) is 1.70. The highest BCUT2D eigenvalue weighted by molar-refractivity contribution is 9.10. The Labute approximate surface area is 103 Å². The topological polar surface area (TPSA) is 35.6 Å². The summed E-state index contributed by atoms with van der Waals surface area (Å²) in [7, 11) is 1.97. The van der Waals surface area contributed by atoms with E-state index < -0.39 is 0 Å². The number of hydrogen-bond acceptors (Lipinski definition) is 2. The Morgan fingerprint density at radius 2 is 2.19 bits per heavy atom. The van der Waals surface area contributed by atoms with Crippen LogP contribution in [0.2, 0.25) is 0 Å². The molecule has 0 bridgehead atoms. The molecule has 0 unspecified atom stereocenters. The number of hydrogen-bond donors (Lipinski definition) is 0. The third kappa shape index (κ3) is 1.91. The molecule has 0 N–H and O–H groups in total. The number of nitrogens with zero attached hydrogens (tertiary/aromatic N) is 4. The fraction of sp³-hybridized carbons (Fsp3) is 0.455. The largest absolute Gasteiger partial charge is 0.269 e. The second kappa shape index (κ2) is 4.41. The van der Waals surface area contributed by atoms with Crippen LogP contribution in [0.5, 0.6) is 0 Å². The maximum absolute atomic E-state index is 4.47. The molecule has 0 aliphatic carbocycles. The van der Waals surface area contributed by atoms with Crippen LogP contribution in [0.25, 0.3) is 0 Å². The Balaban J connectivity index is 2.35. The highest BCUT2D eigenvalue weighted by Crippen LogP contribution is 2.22. The molecular weight excluding hydrogens is 268 g/mol. The van der Waals surface area contributed by atoms with Gasteiger partial charge in [-0.1, -0.05) is 6.92 Å². The molecule has 0 aromatic carbocycles. The molecule has 16 heavy (non-hydrogen) atoms. The van der Waals surface area contributed by atoms with Crippen LogP contribution in [0.4, 0.5) is 0 Å². The molecule has 0 fully saturated rings. The zero-order valence-corrected chi connectivity index (χ0v) is 11.3. The van der Waals surface area contributed by atoms with E-state index in [1.54, 1.807) is 0 Å². The van der Waals surface area contributed by atoms with Crippen molar-refractivity contribution in [2.45, 2.75) is 26.8 Å². The van der Waals surface area contributed by atoms with Crippen LogP contribution in [-0.4, -0.2) is 19.6 Å². The lowest BCUT2D eigenvalue weighted by Crippen LogP contribution is -2.08. The molecule has 2 rings (SSSR count). The van der Waals surface area contributed by atoms with Crippen molar-refractivity contribution in [1.29, 1.82) is 0 Å². The minimum absolute atomic E-state index is 0.753. The Morgan fingerprint density at radius 1 is 1.44 bits per heavy atom. The van der Waals surface area contributed by atoms with Gasteiger partial charge in [0, 0.05) is 18.9 Å². The molecule has 0 aliphatic heterocycles. The zero-order chi connectivity index (χ0) is 11.7. The first kappa shape index (κ1) is 11.4. The SMILES string of the molecule is CCc1nn(C)c(Cn2nccc2C)c1Br.